The Balaban J connectivity index is 1.50. The first-order valence-electron chi connectivity index (χ1n) is 9.82. The quantitative estimate of drug-likeness (QED) is 0.522. The van der Waals surface area contributed by atoms with Crippen LogP contribution in [-0.2, 0) is 18.3 Å². The number of hydrogen-bond donors (Lipinski definition) is 1. The van der Waals surface area contributed by atoms with Crippen LogP contribution in [-0.4, -0.2) is 61.6 Å². The van der Waals surface area contributed by atoms with Gasteiger partial charge in [0.2, 0.25) is 0 Å². The van der Waals surface area contributed by atoms with E-state index >= 15 is 0 Å². The maximum Gasteiger partial charge on any atom is 0.194 e. The topological polar surface area (TPSA) is 85.4 Å². The smallest absolute Gasteiger partial charge is 0.194 e. The molecule has 1 aliphatic rings. The first-order chi connectivity index (χ1) is 14.2. The first kappa shape index (κ1) is 19.1. The SMILES string of the molecule is CCNC(=NCc1nncn1-c1ccccc1)N1CCOC(c2cnn(C)c2)C1. The lowest BCUT2D eigenvalue weighted by molar-refractivity contribution is -0.00805. The molecule has 1 aromatic carbocycles. The third-order valence-electron chi connectivity index (χ3n) is 4.82. The van der Waals surface area contributed by atoms with Gasteiger partial charge in [0.15, 0.2) is 11.8 Å². The number of aliphatic imine (C=N–C) groups is 1. The number of aromatic nitrogens is 5. The average molecular weight is 394 g/mol. The summed E-state index contributed by atoms with van der Waals surface area (Å²) in [4.78, 5) is 7.06. The van der Waals surface area contributed by atoms with Crippen molar-refractivity contribution in [2.75, 3.05) is 26.2 Å². The number of para-hydroxylation sites is 1. The van der Waals surface area contributed by atoms with E-state index in [4.69, 9.17) is 9.73 Å². The van der Waals surface area contributed by atoms with E-state index in [2.05, 4.69) is 32.4 Å². The van der Waals surface area contributed by atoms with Crippen LogP contribution in [0.1, 0.15) is 24.4 Å². The second-order valence-corrected chi connectivity index (χ2v) is 6.88. The summed E-state index contributed by atoms with van der Waals surface area (Å²) in [7, 11) is 1.92. The first-order valence-corrected chi connectivity index (χ1v) is 9.82. The molecule has 4 rings (SSSR count). The van der Waals surface area contributed by atoms with Crippen molar-refractivity contribution in [1.82, 2.24) is 34.8 Å². The van der Waals surface area contributed by atoms with Gasteiger partial charge < -0.3 is 15.0 Å². The van der Waals surface area contributed by atoms with E-state index in [0.29, 0.717) is 13.2 Å². The lowest BCUT2D eigenvalue weighted by atomic mass is 10.1. The van der Waals surface area contributed by atoms with Crippen LogP contribution in [0, 0.1) is 0 Å². The Morgan fingerprint density at radius 1 is 1.31 bits per heavy atom. The van der Waals surface area contributed by atoms with Crippen LogP contribution in [0.4, 0.5) is 0 Å². The van der Waals surface area contributed by atoms with E-state index in [1.807, 2.05) is 54.3 Å². The molecule has 0 aliphatic carbocycles. The number of hydrogen-bond acceptors (Lipinski definition) is 5. The molecular weight excluding hydrogens is 368 g/mol. The van der Waals surface area contributed by atoms with E-state index < -0.39 is 0 Å². The molecule has 1 unspecified atom stereocenters. The summed E-state index contributed by atoms with van der Waals surface area (Å²) < 4.78 is 9.72. The Bertz CT molecular complexity index is 948. The van der Waals surface area contributed by atoms with Crippen LogP contribution in [0.5, 0.6) is 0 Å². The van der Waals surface area contributed by atoms with Gasteiger partial charge in [0.25, 0.3) is 0 Å². The number of morpholine rings is 1. The summed E-state index contributed by atoms with van der Waals surface area (Å²) in [6, 6.07) is 10.0. The zero-order chi connectivity index (χ0) is 20.1. The Kier molecular flexibility index (Phi) is 5.85. The second-order valence-electron chi connectivity index (χ2n) is 6.88. The van der Waals surface area contributed by atoms with Crippen LogP contribution >= 0.6 is 0 Å². The van der Waals surface area contributed by atoms with Gasteiger partial charge in [-0.05, 0) is 19.1 Å². The fraction of sp³-hybridized carbons (Fsp3) is 0.400. The molecule has 3 heterocycles. The number of aryl methyl sites for hydroxylation is 1. The molecule has 9 nitrogen and oxygen atoms in total. The van der Waals surface area contributed by atoms with Gasteiger partial charge in [-0.2, -0.15) is 5.10 Å². The molecule has 2 aromatic heterocycles. The van der Waals surface area contributed by atoms with E-state index in [0.717, 1.165) is 42.7 Å². The van der Waals surface area contributed by atoms with Crippen LogP contribution in [0.15, 0.2) is 54.0 Å². The summed E-state index contributed by atoms with van der Waals surface area (Å²) in [6.07, 6.45) is 5.57. The number of guanidine groups is 1. The van der Waals surface area contributed by atoms with Gasteiger partial charge >= 0.3 is 0 Å². The predicted octanol–water partition coefficient (Wildman–Crippen LogP) is 1.54. The molecule has 0 spiro atoms. The van der Waals surface area contributed by atoms with Crippen molar-refractivity contribution in [3.05, 3.63) is 60.4 Å². The highest BCUT2D eigenvalue weighted by molar-refractivity contribution is 5.80. The molecule has 0 saturated carbocycles. The minimum atomic E-state index is -0.0192. The third-order valence-corrected chi connectivity index (χ3v) is 4.82. The molecule has 152 valence electrons. The van der Waals surface area contributed by atoms with E-state index in [-0.39, 0.29) is 6.10 Å². The van der Waals surface area contributed by atoms with Crippen molar-refractivity contribution in [2.45, 2.75) is 19.6 Å². The van der Waals surface area contributed by atoms with Crippen molar-refractivity contribution in [1.29, 1.82) is 0 Å². The van der Waals surface area contributed by atoms with Gasteiger partial charge in [0, 0.05) is 37.6 Å². The molecule has 1 saturated heterocycles. The van der Waals surface area contributed by atoms with Gasteiger partial charge in [0.05, 0.1) is 19.3 Å². The summed E-state index contributed by atoms with van der Waals surface area (Å²) in [6.45, 7) is 5.45. The van der Waals surface area contributed by atoms with E-state index in [1.54, 1.807) is 11.0 Å². The van der Waals surface area contributed by atoms with E-state index in [9.17, 15) is 0 Å². The molecule has 9 heteroatoms. The summed E-state index contributed by atoms with van der Waals surface area (Å²) in [5.41, 5.74) is 2.10. The highest BCUT2D eigenvalue weighted by atomic mass is 16.5. The van der Waals surface area contributed by atoms with Gasteiger partial charge in [-0.15, -0.1) is 10.2 Å². The number of rotatable bonds is 5. The second kappa shape index (κ2) is 8.87. The monoisotopic (exact) mass is 394 g/mol. The molecule has 0 amide bonds. The molecule has 1 atom stereocenters. The Labute approximate surface area is 170 Å². The number of ether oxygens (including phenoxy) is 1. The maximum atomic E-state index is 5.96. The van der Waals surface area contributed by atoms with Gasteiger partial charge in [-0.3, -0.25) is 9.25 Å². The van der Waals surface area contributed by atoms with Crippen LogP contribution in [0.25, 0.3) is 5.69 Å². The molecule has 1 fully saturated rings. The molecule has 1 aliphatic heterocycles. The summed E-state index contributed by atoms with van der Waals surface area (Å²) >= 11 is 0. The largest absolute Gasteiger partial charge is 0.370 e. The molecule has 0 radical (unpaired) electrons. The summed E-state index contributed by atoms with van der Waals surface area (Å²) in [5, 5.41) is 16.0. The minimum Gasteiger partial charge on any atom is -0.370 e. The highest BCUT2D eigenvalue weighted by Gasteiger charge is 2.25. The van der Waals surface area contributed by atoms with Crippen LogP contribution in [0.2, 0.25) is 0 Å². The van der Waals surface area contributed by atoms with Gasteiger partial charge in [0.1, 0.15) is 19.0 Å². The van der Waals surface area contributed by atoms with Crippen LogP contribution < -0.4 is 5.32 Å². The van der Waals surface area contributed by atoms with E-state index in [1.165, 1.54) is 0 Å². The van der Waals surface area contributed by atoms with Crippen molar-refractivity contribution in [3.8, 4) is 5.69 Å². The zero-order valence-corrected chi connectivity index (χ0v) is 16.8. The molecule has 1 N–H and O–H groups in total. The van der Waals surface area contributed by atoms with Crippen molar-refractivity contribution >= 4 is 5.96 Å². The Morgan fingerprint density at radius 2 is 2.17 bits per heavy atom. The highest BCUT2D eigenvalue weighted by Crippen LogP contribution is 2.21. The summed E-state index contributed by atoms with van der Waals surface area (Å²) in [5.74, 6) is 1.65. The molecular formula is C20H26N8O. The van der Waals surface area contributed by atoms with Crippen molar-refractivity contribution < 1.29 is 4.74 Å². The number of nitrogens with zero attached hydrogens (tertiary/aromatic N) is 7. The Morgan fingerprint density at radius 3 is 2.93 bits per heavy atom. The minimum absolute atomic E-state index is 0.0192. The maximum absolute atomic E-state index is 5.96. The lowest BCUT2D eigenvalue weighted by Crippen LogP contribution is -2.48. The Hall–Kier alpha value is -3.20. The average Bonchev–Trinajstić information content (AvgIpc) is 3.41. The van der Waals surface area contributed by atoms with Gasteiger partial charge in [-0.1, -0.05) is 18.2 Å². The molecule has 3 aromatic rings. The lowest BCUT2D eigenvalue weighted by Gasteiger charge is -2.34. The number of nitrogens with one attached hydrogen (secondary N) is 1. The van der Waals surface area contributed by atoms with Crippen LogP contribution in [0.3, 0.4) is 0 Å². The third kappa shape index (κ3) is 4.45. The predicted molar refractivity (Wildman–Crippen MR) is 110 cm³/mol. The number of benzene rings is 1. The van der Waals surface area contributed by atoms with Crippen molar-refractivity contribution in [2.24, 2.45) is 12.0 Å². The van der Waals surface area contributed by atoms with Crippen molar-refractivity contribution in [3.63, 3.8) is 0 Å². The molecule has 0 bridgehead atoms. The fourth-order valence-corrected chi connectivity index (χ4v) is 3.39. The standard InChI is InChI=1S/C20H26N8O/c1-3-21-20(27-9-10-29-18(14-27)16-11-24-26(2)13-16)22-12-19-25-23-15-28(19)17-7-5-4-6-8-17/h4-8,11,13,15,18H,3,9-10,12,14H2,1-2H3,(H,21,22). The van der Waals surface area contributed by atoms with Gasteiger partial charge in [-0.25, -0.2) is 4.99 Å². The zero-order valence-electron chi connectivity index (χ0n) is 16.8. The normalized spacial score (nSPS) is 17.5. The fourth-order valence-electron chi connectivity index (χ4n) is 3.39. The molecule has 29 heavy (non-hydrogen) atoms.